The van der Waals surface area contributed by atoms with E-state index in [0.717, 1.165) is 16.8 Å². The van der Waals surface area contributed by atoms with E-state index in [-0.39, 0.29) is 23.1 Å². The monoisotopic (exact) mass is 504 g/mol. The van der Waals surface area contributed by atoms with Crippen LogP contribution in [0.15, 0.2) is 72.8 Å². The van der Waals surface area contributed by atoms with Gasteiger partial charge in [0.25, 0.3) is 11.6 Å². The van der Waals surface area contributed by atoms with Gasteiger partial charge in [-0.2, -0.15) is 0 Å². The predicted octanol–water partition coefficient (Wildman–Crippen LogP) is 3.76. The van der Waals surface area contributed by atoms with Crippen LogP contribution in [0.3, 0.4) is 0 Å². The van der Waals surface area contributed by atoms with Crippen molar-refractivity contribution in [3.63, 3.8) is 0 Å². The van der Waals surface area contributed by atoms with Crippen molar-refractivity contribution in [3.8, 4) is 0 Å². The Balaban J connectivity index is 1.46. The molecule has 9 nitrogen and oxygen atoms in total. The first-order valence-electron chi connectivity index (χ1n) is 11.5. The van der Waals surface area contributed by atoms with Gasteiger partial charge in [0, 0.05) is 48.7 Å². The van der Waals surface area contributed by atoms with Crippen molar-refractivity contribution in [2.45, 2.75) is 6.54 Å². The Hall–Kier alpha value is -4.02. The summed E-state index contributed by atoms with van der Waals surface area (Å²) in [4.78, 5) is 26.0. The number of hydrogen-bond acceptors (Lipinski definition) is 7. The third-order valence-corrected chi connectivity index (χ3v) is 7.95. The highest BCUT2D eigenvalue weighted by atomic mass is 32.2. The molecule has 3 aromatic carbocycles. The molecule has 0 saturated carbocycles. The third kappa shape index (κ3) is 5.00. The molecule has 0 atom stereocenters. The molecule has 36 heavy (non-hydrogen) atoms. The lowest BCUT2D eigenvalue weighted by Gasteiger charge is -2.26. The molecule has 1 amide bonds. The van der Waals surface area contributed by atoms with Crippen molar-refractivity contribution in [2.24, 2.45) is 0 Å². The van der Waals surface area contributed by atoms with Crippen LogP contribution in [0.25, 0.3) is 11.3 Å². The lowest BCUT2D eigenvalue weighted by atomic mass is 9.99. The van der Waals surface area contributed by atoms with Gasteiger partial charge in [-0.15, -0.1) is 0 Å². The molecule has 0 spiro atoms. The fraction of sp³-hybridized carbons (Fsp3) is 0.192. The average molecular weight is 505 g/mol. The third-order valence-electron chi connectivity index (χ3n) is 6.34. The number of anilines is 2. The SMILES string of the molecule is O=C1Nc2ccc([N+](=O)[O-])cc2/C1=C(/Nc1ccc(CN2CCS(=O)(=O)CC2)cc1)c1ccccc1. The van der Waals surface area contributed by atoms with Crippen LogP contribution in [0.5, 0.6) is 0 Å². The first-order chi connectivity index (χ1) is 17.3. The molecule has 10 heteroatoms. The zero-order chi connectivity index (χ0) is 25.3. The van der Waals surface area contributed by atoms with Crippen LogP contribution in [0, 0.1) is 10.1 Å². The molecule has 1 saturated heterocycles. The number of benzene rings is 3. The van der Waals surface area contributed by atoms with E-state index in [1.165, 1.54) is 12.1 Å². The number of fused-ring (bicyclic) bond motifs is 1. The average Bonchev–Trinajstić information content (AvgIpc) is 3.20. The van der Waals surface area contributed by atoms with Crippen LogP contribution in [0.1, 0.15) is 16.7 Å². The van der Waals surface area contributed by atoms with Gasteiger partial charge >= 0.3 is 0 Å². The highest BCUT2D eigenvalue weighted by molar-refractivity contribution is 7.91. The van der Waals surface area contributed by atoms with E-state index in [1.54, 1.807) is 6.07 Å². The van der Waals surface area contributed by atoms with Gasteiger partial charge in [-0.1, -0.05) is 42.5 Å². The Morgan fingerprint density at radius 1 is 1.00 bits per heavy atom. The quantitative estimate of drug-likeness (QED) is 0.298. The maximum absolute atomic E-state index is 13.0. The topological polar surface area (TPSA) is 122 Å². The fourth-order valence-corrected chi connectivity index (χ4v) is 5.68. The molecule has 1 fully saturated rings. The molecule has 5 rings (SSSR count). The van der Waals surface area contributed by atoms with Crippen LogP contribution in [-0.4, -0.2) is 48.7 Å². The van der Waals surface area contributed by atoms with Gasteiger partial charge in [0.2, 0.25) is 0 Å². The first kappa shape index (κ1) is 23.7. The number of nitro groups is 1. The molecule has 3 aromatic rings. The van der Waals surface area contributed by atoms with E-state index in [4.69, 9.17) is 0 Å². The van der Waals surface area contributed by atoms with Crippen molar-refractivity contribution in [2.75, 3.05) is 35.2 Å². The van der Waals surface area contributed by atoms with Gasteiger partial charge in [-0.25, -0.2) is 8.42 Å². The lowest BCUT2D eigenvalue weighted by molar-refractivity contribution is -0.384. The number of sulfone groups is 1. The Bertz CT molecular complexity index is 1450. The first-order valence-corrected chi connectivity index (χ1v) is 13.3. The van der Waals surface area contributed by atoms with Crippen LogP contribution in [0.4, 0.5) is 17.1 Å². The Labute approximate surface area is 208 Å². The van der Waals surface area contributed by atoms with Crippen molar-refractivity contribution >= 4 is 44.1 Å². The van der Waals surface area contributed by atoms with E-state index in [9.17, 15) is 23.3 Å². The molecular formula is C26H24N4O5S. The van der Waals surface area contributed by atoms with E-state index >= 15 is 0 Å². The summed E-state index contributed by atoms with van der Waals surface area (Å²) >= 11 is 0. The smallest absolute Gasteiger partial charge is 0.270 e. The summed E-state index contributed by atoms with van der Waals surface area (Å²) in [6, 6.07) is 21.4. The van der Waals surface area contributed by atoms with E-state index in [1.807, 2.05) is 54.6 Å². The minimum atomic E-state index is -2.92. The van der Waals surface area contributed by atoms with Gasteiger partial charge in [-0.3, -0.25) is 19.8 Å². The zero-order valence-electron chi connectivity index (χ0n) is 19.3. The van der Waals surface area contributed by atoms with Gasteiger partial charge in [0.1, 0.15) is 0 Å². The summed E-state index contributed by atoms with van der Waals surface area (Å²) in [5.41, 5.74) is 4.34. The molecule has 2 N–H and O–H groups in total. The van der Waals surface area contributed by atoms with E-state index < -0.39 is 14.8 Å². The number of non-ortho nitro benzene ring substituents is 1. The van der Waals surface area contributed by atoms with Gasteiger partial charge in [0.05, 0.1) is 27.7 Å². The maximum atomic E-state index is 13.0. The minimum Gasteiger partial charge on any atom is -0.354 e. The van der Waals surface area contributed by atoms with Crippen LogP contribution >= 0.6 is 0 Å². The molecule has 0 aromatic heterocycles. The Morgan fingerprint density at radius 2 is 1.69 bits per heavy atom. The standard InChI is InChI=1S/C26H24N4O5S/c31-26-24(22-16-21(30(32)33)10-11-23(22)28-26)25(19-4-2-1-3-5-19)27-20-8-6-18(7-9-20)17-29-12-14-36(34,35)15-13-29/h1-11,16,27H,12-15,17H2,(H,28,31)/b25-24-. The Morgan fingerprint density at radius 3 is 2.36 bits per heavy atom. The van der Waals surface area contributed by atoms with Crippen molar-refractivity contribution in [3.05, 3.63) is 99.6 Å². The summed E-state index contributed by atoms with van der Waals surface area (Å²) in [5, 5.41) is 17.5. The number of nitrogens with one attached hydrogen (secondary N) is 2. The summed E-state index contributed by atoms with van der Waals surface area (Å²) in [5.74, 6) is 0.0264. The van der Waals surface area contributed by atoms with Crippen molar-refractivity contribution in [1.29, 1.82) is 0 Å². The summed E-state index contributed by atoms with van der Waals surface area (Å²) in [6.45, 7) is 1.70. The lowest BCUT2D eigenvalue weighted by Crippen LogP contribution is -2.39. The van der Waals surface area contributed by atoms with Crippen LogP contribution in [-0.2, 0) is 21.2 Å². The molecule has 0 bridgehead atoms. The van der Waals surface area contributed by atoms with Gasteiger partial charge in [0.15, 0.2) is 9.84 Å². The molecule has 2 heterocycles. The molecule has 184 valence electrons. The zero-order valence-corrected chi connectivity index (χ0v) is 20.1. The number of carbonyl (C=O) groups is 1. The molecule has 0 radical (unpaired) electrons. The van der Waals surface area contributed by atoms with Gasteiger partial charge < -0.3 is 10.6 Å². The second kappa shape index (κ2) is 9.56. The molecular weight excluding hydrogens is 480 g/mol. The van der Waals surface area contributed by atoms with E-state index in [2.05, 4.69) is 15.5 Å². The largest absolute Gasteiger partial charge is 0.354 e. The van der Waals surface area contributed by atoms with Crippen molar-refractivity contribution in [1.82, 2.24) is 4.90 Å². The number of nitro benzene ring substituents is 1. The van der Waals surface area contributed by atoms with Crippen LogP contribution < -0.4 is 10.6 Å². The van der Waals surface area contributed by atoms with E-state index in [0.29, 0.717) is 42.2 Å². The Kier molecular flexibility index (Phi) is 6.29. The second-order valence-electron chi connectivity index (χ2n) is 8.81. The number of rotatable bonds is 6. The van der Waals surface area contributed by atoms with Crippen LogP contribution in [0.2, 0.25) is 0 Å². The maximum Gasteiger partial charge on any atom is 0.270 e. The summed E-state index contributed by atoms with van der Waals surface area (Å²) in [6.07, 6.45) is 0. The molecule has 2 aliphatic heterocycles. The fourth-order valence-electron chi connectivity index (χ4n) is 4.41. The minimum absolute atomic E-state index is 0.0926. The van der Waals surface area contributed by atoms with Gasteiger partial charge in [-0.05, 0) is 29.3 Å². The summed E-state index contributed by atoms with van der Waals surface area (Å²) in [7, 11) is -2.92. The summed E-state index contributed by atoms with van der Waals surface area (Å²) < 4.78 is 23.3. The number of hydrogen-bond donors (Lipinski definition) is 2. The molecule has 0 aliphatic carbocycles. The van der Waals surface area contributed by atoms with Crippen molar-refractivity contribution < 1.29 is 18.1 Å². The highest BCUT2D eigenvalue weighted by Crippen LogP contribution is 2.39. The predicted molar refractivity (Wildman–Crippen MR) is 139 cm³/mol. The second-order valence-corrected chi connectivity index (χ2v) is 11.1. The number of carbonyl (C=O) groups excluding carboxylic acids is 1. The highest BCUT2D eigenvalue weighted by Gasteiger charge is 2.30. The number of nitrogens with zero attached hydrogens (tertiary/aromatic N) is 2. The molecule has 2 aliphatic rings. The normalized spacial score (nSPS) is 18.3. The number of amides is 1. The molecule has 0 unspecified atom stereocenters.